The van der Waals surface area contributed by atoms with Crippen molar-refractivity contribution in [1.29, 1.82) is 0 Å². The van der Waals surface area contributed by atoms with Crippen LogP contribution in [0.25, 0.3) is 11.1 Å². The molecular weight excluding hydrogens is 398 g/mol. The van der Waals surface area contributed by atoms with Gasteiger partial charge in [-0.25, -0.2) is 0 Å². The highest BCUT2D eigenvalue weighted by Gasteiger charge is 2.31. The van der Waals surface area contributed by atoms with Crippen LogP contribution in [0.1, 0.15) is 24.5 Å². The molecule has 0 spiro atoms. The maximum absolute atomic E-state index is 13.5. The lowest BCUT2D eigenvalue weighted by atomic mass is 9.91. The summed E-state index contributed by atoms with van der Waals surface area (Å²) in [5, 5.41) is 10.3. The van der Waals surface area contributed by atoms with Crippen molar-refractivity contribution in [2.24, 2.45) is 5.92 Å². The fraction of sp³-hybridized carbons (Fsp3) is 0.333. The Morgan fingerprint density at radius 3 is 2.44 bits per heavy atom. The van der Waals surface area contributed by atoms with E-state index in [2.05, 4.69) is 28.9 Å². The zero-order chi connectivity index (χ0) is 22.3. The highest BCUT2D eigenvalue weighted by atomic mass is 16.3. The predicted molar refractivity (Wildman–Crippen MR) is 127 cm³/mol. The van der Waals surface area contributed by atoms with Crippen molar-refractivity contribution in [1.82, 2.24) is 14.8 Å². The van der Waals surface area contributed by atoms with Crippen LogP contribution in [0.5, 0.6) is 5.75 Å². The van der Waals surface area contributed by atoms with Crippen LogP contribution in [-0.4, -0.2) is 52.0 Å². The molecule has 2 heterocycles. The zero-order valence-electron chi connectivity index (χ0n) is 18.7. The summed E-state index contributed by atoms with van der Waals surface area (Å²) < 4.78 is 0. The van der Waals surface area contributed by atoms with E-state index in [1.807, 2.05) is 47.4 Å². The van der Waals surface area contributed by atoms with Gasteiger partial charge < -0.3 is 10.0 Å². The van der Waals surface area contributed by atoms with Gasteiger partial charge in [-0.1, -0.05) is 49.4 Å². The highest BCUT2D eigenvalue weighted by Crippen LogP contribution is 2.28. The minimum atomic E-state index is -0.127. The van der Waals surface area contributed by atoms with E-state index in [1.165, 1.54) is 5.56 Å². The smallest absolute Gasteiger partial charge is 0.227 e. The van der Waals surface area contributed by atoms with Gasteiger partial charge in [0.15, 0.2) is 0 Å². The molecule has 1 fully saturated rings. The average molecular weight is 430 g/mol. The van der Waals surface area contributed by atoms with Crippen LogP contribution in [-0.2, 0) is 17.8 Å². The average Bonchev–Trinajstić information content (AvgIpc) is 2.96. The summed E-state index contributed by atoms with van der Waals surface area (Å²) in [6.07, 6.45) is 5.25. The number of hydrogen-bond acceptors (Lipinski definition) is 4. The van der Waals surface area contributed by atoms with Crippen LogP contribution in [0.15, 0.2) is 73.1 Å². The van der Waals surface area contributed by atoms with Gasteiger partial charge in [0.1, 0.15) is 5.75 Å². The van der Waals surface area contributed by atoms with E-state index in [-0.39, 0.29) is 11.8 Å². The Morgan fingerprint density at radius 1 is 0.969 bits per heavy atom. The van der Waals surface area contributed by atoms with Gasteiger partial charge in [-0.3, -0.25) is 14.7 Å². The van der Waals surface area contributed by atoms with Crippen LogP contribution >= 0.6 is 0 Å². The minimum Gasteiger partial charge on any atom is -0.508 e. The number of hydrogen-bond donors (Lipinski definition) is 1. The number of phenolic OH excluding ortho intramolecular Hbond substituents is 1. The topological polar surface area (TPSA) is 56.7 Å². The standard InChI is InChI=1S/C27H31N3O2/c1-2-15-30-17-16-29(19-23-8-4-6-10-26(23)31)20-24(27(30)32)18-22-7-3-5-9-25(22)21-11-13-28-14-12-21/h3-14,24,31H,2,15-20H2,1H3. The second kappa shape index (κ2) is 10.4. The molecule has 0 aliphatic carbocycles. The molecule has 1 aromatic heterocycles. The van der Waals surface area contributed by atoms with Crippen molar-refractivity contribution < 1.29 is 9.90 Å². The third-order valence-electron chi connectivity index (χ3n) is 6.18. The molecule has 2 aromatic carbocycles. The quantitative estimate of drug-likeness (QED) is 0.606. The summed E-state index contributed by atoms with van der Waals surface area (Å²) in [5.74, 6) is 0.419. The summed E-state index contributed by atoms with van der Waals surface area (Å²) in [6.45, 7) is 5.75. The SMILES string of the molecule is CCCN1CCN(Cc2ccccc2O)CC(Cc2ccccc2-c2ccncc2)C1=O. The normalized spacial score (nSPS) is 17.3. The summed E-state index contributed by atoms with van der Waals surface area (Å²) in [6, 6.07) is 19.8. The second-order valence-corrected chi connectivity index (χ2v) is 8.48. The van der Waals surface area contributed by atoms with Crippen molar-refractivity contribution in [2.75, 3.05) is 26.2 Å². The molecule has 0 radical (unpaired) electrons. The van der Waals surface area contributed by atoms with E-state index in [0.29, 0.717) is 25.3 Å². The molecule has 166 valence electrons. The third kappa shape index (κ3) is 5.17. The molecule has 1 saturated heterocycles. The monoisotopic (exact) mass is 429 g/mol. The van der Waals surface area contributed by atoms with Crippen molar-refractivity contribution in [2.45, 2.75) is 26.3 Å². The lowest BCUT2D eigenvalue weighted by Crippen LogP contribution is -2.37. The summed E-state index contributed by atoms with van der Waals surface area (Å²) in [5.41, 5.74) is 4.35. The Labute approximate surface area is 190 Å². The van der Waals surface area contributed by atoms with Crippen LogP contribution in [0.3, 0.4) is 0 Å². The molecule has 1 amide bonds. The van der Waals surface area contributed by atoms with Gasteiger partial charge in [-0.05, 0) is 47.7 Å². The molecule has 32 heavy (non-hydrogen) atoms. The van der Waals surface area contributed by atoms with Crippen molar-refractivity contribution in [3.8, 4) is 16.9 Å². The fourth-order valence-corrected chi connectivity index (χ4v) is 4.56. The first-order valence-corrected chi connectivity index (χ1v) is 11.4. The fourth-order valence-electron chi connectivity index (χ4n) is 4.56. The Hall–Kier alpha value is -3.18. The van der Waals surface area contributed by atoms with Gasteiger partial charge in [0.05, 0.1) is 5.92 Å². The van der Waals surface area contributed by atoms with Crippen LogP contribution in [0.4, 0.5) is 0 Å². The maximum Gasteiger partial charge on any atom is 0.227 e. The lowest BCUT2D eigenvalue weighted by molar-refractivity contribution is -0.134. The first kappa shape index (κ1) is 22.0. The summed E-state index contributed by atoms with van der Waals surface area (Å²) in [7, 11) is 0. The maximum atomic E-state index is 13.5. The van der Waals surface area contributed by atoms with Crippen LogP contribution in [0, 0.1) is 5.92 Å². The second-order valence-electron chi connectivity index (χ2n) is 8.48. The molecule has 4 rings (SSSR count). The van der Waals surface area contributed by atoms with E-state index >= 15 is 0 Å². The van der Waals surface area contributed by atoms with Crippen LogP contribution < -0.4 is 0 Å². The first-order chi connectivity index (χ1) is 15.7. The number of rotatable bonds is 7. The van der Waals surface area contributed by atoms with Gasteiger partial charge in [0, 0.05) is 50.7 Å². The predicted octanol–water partition coefficient (Wildman–Crippen LogP) is 4.37. The molecule has 1 aliphatic rings. The molecule has 0 bridgehead atoms. The Morgan fingerprint density at radius 2 is 1.69 bits per heavy atom. The Balaban J connectivity index is 1.60. The number of carbonyl (C=O) groups is 1. The van der Waals surface area contributed by atoms with E-state index in [0.717, 1.165) is 42.7 Å². The van der Waals surface area contributed by atoms with Gasteiger partial charge in [0.2, 0.25) is 5.91 Å². The number of carbonyl (C=O) groups excluding carboxylic acids is 1. The van der Waals surface area contributed by atoms with E-state index in [4.69, 9.17) is 0 Å². The Kier molecular flexibility index (Phi) is 7.17. The number of nitrogens with zero attached hydrogens (tertiary/aromatic N) is 3. The number of phenols is 1. The largest absolute Gasteiger partial charge is 0.508 e. The molecule has 1 aliphatic heterocycles. The molecule has 3 aromatic rings. The van der Waals surface area contributed by atoms with E-state index in [9.17, 15) is 9.90 Å². The molecular formula is C27H31N3O2. The molecule has 0 saturated carbocycles. The Bertz CT molecular complexity index is 1040. The van der Waals surface area contributed by atoms with Crippen LogP contribution in [0.2, 0.25) is 0 Å². The molecule has 5 nitrogen and oxygen atoms in total. The van der Waals surface area contributed by atoms with Crippen molar-refractivity contribution in [3.05, 3.63) is 84.2 Å². The molecule has 1 unspecified atom stereocenters. The molecule has 5 heteroatoms. The lowest BCUT2D eigenvalue weighted by Gasteiger charge is -2.25. The van der Waals surface area contributed by atoms with Crippen molar-refractivity contribution >= 4 is 5.91 Å². The minimum absolute atomic E-state index is 0.127. The number of para-hydroxylation sites is 1. The first-order valence-electron chi connectivity index (χ1n) is 11.4. The molecule has 1 atom stereocenters. The van der Waals surface area contributed by atoms with E-state index < -0.39 is 0 Å². The summed E-state index contributed by atoms with van der Waals surface area (Å²) >= 11 is 0. The number of amides is 1. The van der Waals surface area contributed by atoms with E-state index in [1.54, 1.807) is 18.5 Å². The number of aromatic hydroxyl groups is 1. The van der Waals surface area contributed by atoms with Crippen molar-refractivity contribution in [3.63, 3.8) is 0 Å². The number of benzene rings is 2. The number of pyridine rings is 1. The van der Waals surface area contributed by atoms with Gasteiger partial charge in [0.25, 0.3) is 0 Å². The molecule has 1 N–H and O–H groups in total. The van der Waals surface area contributed by atoms with Gasteiger partial charge in [-0.15, -0.1) is 0 Å². The van der Waals surface area contributed by atoms with Gasteiger partial charge in [-0.2, -0.15) is 0 Å². The highest BCUT2D eigenvalue weighted by molar-refractivity contribution is 5.80. The zero-order valence-corrected chi connectivity index (χ0v) is 18.7. The summed E-state index contributed by atoms with van der Waals surface area (Å²) in [4.78, 5) is 22.0. The van der Waals surface area contributed by atoms with Gasteiger partial charge >= 0.3 is 0 Å². The third-order valence-corrected chi connectivity index (χ3v) is 6.18. The number of aromatic nitrogens is 1.